The predicted molar refractivity (Wildman–Crippen MR) is 96.2 cm³/mol. The van der Waals surface area contributed by atoms with Gasteiger partial charge in [0.05, 0.1) is 5.38 Å². The van der Waals surface area contributed by atoms with Crippen LogP contribution in [0.15, 0.2) is 78.9 Å². The molecule has 0 saturated heterocycles. The molecule has 3 aromatic carbocycles. The summed E-state index contributed by atoms with van der Waals surface area (Å²) < 4.78 is 0. The first-order chi connectivity index (χ1) is 10.8. The van der Waals surface area contributed by atoms with Crippen LogP contribution in [0.2, 0.25) is 0 Å². The van der Waals surface area contributed by atoms with Crippen molar-refractivity contribution in [3.05, 3.63) is 84.4 Å². The molecule has 3 aromatic rings. The Bertz CT molecular complexity index is 732. The minimum atomic E-state index is 0.0267. The van der Waals surface area contributed by atoms with Crippen LogP contribution in [0.1, 0.15) is 24.3 Å². The Kier molecular flexibility index (Phi) is 4.60. The molecular formula is C21H19Cl. The van der Waals surface area contributed by atoms with Crippen molar-refractivity contribution in [3.63, 3.8) is 0 Å². The first-order valence-corrected chi connectivity index (χ1v) is 8.12. The molecule has 0 aliphatic heterocycles. The lowest BCUT2D eigenvalue weighted by Gasteiger charge is -2.18. The van der Waals surface area contributed by atoms with Crippen molar-refractivity contribution in [2.75, 3.05) is 0 Å². The number of rotatable bonds is 4. The highest BCUT2D eigenvalue weighted by Crippen LogP contribution is 2.40. The Hall–Kier alpha value is -2.05. The summed E-state index contributed by atoms with van der Waals surface area (Å²) in [6.45, 7) is 2.13. The van der Waals surface area contributed by atoms with Crippen molar-refractivity contribution in [1.29, 1.82) is 0 Å². The maximum Gasteiger partial charge on any atom is 0.0588 e. The van der Waals surface area contributed by atoms with Gasteiger partial charge in [-0.3, -0.25) is 0 Å². The molecule has 1 unspecified atom stereocenters. The zero-order valence-electron chi connectivity index (χ0n) is 12.7. The van der Waals surface area contributed by atoms with Crippen molar-refractivity contribution in [2.24, 2.45) is 0 Å². The van der Waals surface area contributed by atoms with Gasteiger partial charge in [-0.2, -0.15) is 0 Å². The normalized spacial score (nSPS) is 12.1. The Morgan fingerprint density at radius 1 is 0.727 bits per heavy atom. The van der Waals surface area contributed by atoms with Crippen LogP contribution in [-0.4, -0.2) is 0 Å². The summed E-state index contributed by atoms with van der Waals surface area (Å²) in [4.78, 5) is 0. The lowest BCUT2D eigenvalue weighted by Crippen LogP contribution is -1.96. The molecule has 0 bridgehead atoms. The average molecular weight is 307 g/mol. The molecule has 0 N–H and O–H groups in total. The van der Waals surface area contributed by atoms with E-state index in [-0.39, 0.29) is 5.38 Å². The van der Waals surface area contributed by atoms with Gasteiger partial charge in [-0.05, 0) is 34.2 Å². The van der Waals surface area contributed by atoms with Crippen LogP contribution in [0.25, 0.3) is 22.3 Å². The molecule has 0 spiro atoms. The molecule has 0 radical (unpaired) electrons. The summed E-state index contributed by atoms with van der Waals surface area (Å²) >= 11 is 6.61. The zero-order valence-corrected chi connectivity index (χ0v) is 13.4. The van der Waals surface area contributed by atoms with Crippen molar-refractivity contribution in [1.82, 2.24) is 0 Å². The third kappa shape index (κ3) is 2.93. The highest BCUT2D eigenvalue weighted by molar-refractivity contribution is 6.21. The molecule has 0 aliphatic rings. The van der Waals surface area contributed by atoms with Gasteiger partial charge in [0.1, 0.15) is 0 Å². The van der Waals surface area contributed by atoms with Crippen molar-refractivity contribution in [3.8, 4) is 22.3 Å². The van der Waals surface area contributed by atoms with Gasteiger partial charge in [-0.15, -0.1) is 11.6 Å². The molecule has 22 heavy (non-hydrogen) atoms. The number of benzene rings is 3. The Labute approximate surface area is 137 Å². The average Bonchev–Trinajstić information content (AvgIpc) is 2.62. The predicted octanol–water partition coefficient (Wildman–Crippen LogP) is 6.71. The first-order valence-electron chi connectivity index (χ1n) is 7.69. The molecule has 0 amide bonds. The van der Waals surface area contributed by atoms with E-state index in [2.05, 4.69) is 73.7 Å². The zero-order chi connectivity index (χ0) is 15.4. The van der Waals surface area contributed by atoms with Crippen LogP contribution in [0.3, 0.4) is 0 Å². The molecule has 0 aliphatic carbocycles. The van der Waals surface area contributed by atoms with Gasteiger partial charge >= 0.3 is 0 Å². The van der Waals surface area contributed by atoms with E-state index in [4.69, 9.17) is 11.6 Å². The highest BCUT2D eigenvalue weighted by Gasteiger charge is 2.16. The lowest BCUT2D eigenvalue weighted by molar-refractivity contribution is 0.886. The van der Waals surface area contributed by atoms with Crippen LogP contribution in [0.4, 0.5) is 0 Å². The van der Waals surface area contributed by atoms with Gasteiger partial charge < -0.3 is 0 Å². The van der Waals surface area contributed by atoms with Crippen molar-refractivity contribution < 1.29 is 0 Å². The second-order valence-corrected chi connectivity index (χ2v) is 5.90. The largest absolute Gasteiger partial charge is 0.118 e. The third-order valence-electron chi connectivity index (χ3n) is 3.94. The number of halogens is 1. The maximum atomic E-state index is 6.61. The molecule has 1 atom stereocenters. The maximum absolute atomic E-state index is 6.61. The van der Waals surface area contributed by atoms with Gasteiger partial charge in [-0.25, -0.2) is 0 Å². The SMILES string of the molecule is CCC(Cl)c1cccc(-c2ccccc2)c1-c1ccccc1. The van der Waals surface area contributed by atoms with Gasteiger partial charge in [0.15, 0.2) is 0 Å². The van der Waals surface area contributed by atoms with Crippen molar-refractivity contribution >= 4 is 11.6 Å². The van der Waals surface area contributed by atoms with Crippen LogP contribution in [0, 0.1) is 0 Å². The van der Waals surface area contributed by atoms with E-state index in [1.54, 1.807) is 0 Å². The Balaban J connectivity index is 2.27. The lowest BCUT2D eigenvalue weighted by atomic mass is 9.89. The van der Waals surface area contributed by atoms with E-state index in [1.807, 2.05) is 12.1 Å². The van der Waals surface area contributed by atoms with E-state index >= 15 is 0 Å². The summed E-state index contributed by atoms with van der Waals surface area (Å²) in [5.74, 6) is 0. The molecule has 0 saturated carbocycles. The first kappa shape index (κ1) is 14.9. The fraction of sp³-hybridized carbons (Fsp3) is 0.143. The number of alkyl halides is 1. The fourth-order valence-electron chi connectivity index (χ4n) is 2.84. The van der Waals surface area contributed by atoms with Crippen molar-refractivity contribution in [2.45, 2.75) is 18.7 Å². The number of hydrogen-bond acceptors (Lipinski definition) is 0. The molecule has 1 heteroatoms. The highest BCUT2D eigenvalue weighted by atomic mass is 35.5. The summed E-state index contributed by atoms with van der Waals surface area (Å²) in [5, 5.41) is 0.0267. The second kappa shape index (κ2) is 6.81. The molecule has 0 nitrogen and oxygen atoms in total. The molecule has 0 heterocycles. The molecule has 3 rings (SSSR count). The molecule has 0 aromatic heterocycles. The van der Waals surface area contributed by atoms with E-state index in [0.29, 0.717) is 0 Å². The van der Waals surface area contributed by atoms with Crippen LogP contribution >= 0.6 is 11.6 Å². The topological polar surface area (TPSA) is 0 Å². The summed E-state index contributed by atoms with van der Waals surface area (Å²) in [7, 11) is 0. The van der Waals surface area contributed by atoms with Gasteiger partial charge in [-0.1, -0.05) is 85.8 Å². The minimum Gasteiger partial charge on any atom is -0.118 e. The fourth-order valence-corrected chi connectivity index (χ4v) is 3.02. The van der Waals surface area contributed by atoms with Gasteiger partial charge in [0.25, 0.3) is 0 Å². The van der Waals surface area contributed by atoms with E-state index in [1.165, 1.54) is 27.8 Å². The quantitative estimate of drug-likeness (QED) is 0.470. The number of hydrogen-bond donors (Lipinski definition) is 0. The summed E-state index contributed by atoms with van der Waals surface area (Å²) in [6, 6.07) is 27.5. The van der Waals surface area contributed by atoms with Crippen LogP contribution in [0.5, 0.6) is 0 Å². The van der Waals surface area contributed by atoms with E-state index in [9.17, 15) is 0 Å². The standard InChI is InChI=1S/C21H19Cl/c1-2-20(22)19-15-9-14-18(16-10-5-3-6-11-16)21(19)17-12-7-4-8-13-17/h3-15,20H,2H2,1H3. The summed E-state index contributed by atoms with van der Waals surface area (Å²) in [6.07, 6.45) is 0.916. The van der Waals surface area contributed by atoms with Crippen LogP contribution < -0.4 is 0 Å². The monoisotopic (exact) mass is 306 g/mol. The molecule has 110 valence electrons. The molecule has 0 fully saturated rings. The Morgan fingerprint density at radius 3 is 1.91 bits per heavy atom. The minimum absolute atomic E-state index is 0.0267. The smallest absolute Gasteiger partial charge is 0.0588 e. The second-order valence-electron chi connectivity index (χ2n) is 5.38. The van der Waals surface area contributed by atoms with E-state index < -0.39 is 0 Å². The van der Waals surface area contributed by atoms with Gasteiger partial charge in [0, 0.05) is 0 Å². The van der Waals surface area contributed by atoms with E-state index in [0.717, 1.165) is 6.42 Å². The van der Waals surface area contributed by atoms with Crippen LogP contribution in [-0.2, 0) is 0 Å². The Morgan fingerprint density at radius 2 is 1.32 bits per heavy atom. The summed E-state index contributed by atoms with van der Waals surface area (Å²) in [5.41, 5.74) is 6.13. The third-order valence-corrected chi connectivity index (χ3v) is 4.48. The molecular weight excluding hydrogens is 288 g/mol. The van der Waals surface area contributed by atoms with Gasteiger partial charge in [0.2, 0.25) is 0 Å².